The first-order valence-electron chi connectivity index (χ1n) is 15.7. The number of likely N-dealkylation sites (N-methyl/N-ethyl adjacent to an activating group) is 1. The number of anilines is 2. The number of thiophene rings is 1. The summed E-state index contributed by atoms with van der Waals surface area (Å²) < 4.78 is 43.4. The zero-order valence-corrected chi connectivity index (χ0v) is 27.8. The Bertz CT molecular complexity index is 1950. The van der Waals surface area contributed by atoms with Crippen molar-refractivity contribution in [2.24, 2.45) is 0 Å². The molecule has 2 atom stereocenters. The van der Waals surface area contributed by atoms with Gasteiger partial charge >= 0.3 is 6.09 Å². The number of carbonyl (C=O) groups is 1. The Balaban J connectivity index is 1.33. The molecular formula is C33H36F2N8O3S. The molecule has 0 radical (unpaired) electrons. The number of hydrogen-bond acceptors (Lipinski definition) is 11. The number of amides is 1. The van der Waals surface area contributed by atoms with Gasteiger partial charge in [-0.3, -0.25) is 15.2 Å². The molecule has 2 saturated heterocycles. The summed E-state index contributed by atoms with van der Waals surface area (Å²) >= 11 is 0.870. The predicted molar refractivity (Wildman–Crippen MR) is 175 cm³/mol. The Morgan fingerprint density at radius 2 is 1.87 bits per heavy atom. The molecule has 6 heterocycles. The van der Waals surface area contributed by atoms with Gasteiger partial charge in [-0.1, -0.05) is 0 Å². The summed E-state index contributed by atoms with van der Waals surface area (Å²) in [4.78, 5) is 33.5. The zero-order chi connectivity index (χ0) is 33.2. The van der Waals surface area contributed by atoms with Gasteiger partial charge in [-0.15, -0.1) is 11.3 Å². The molecule has 246 valence electrons. The number of ether oxygens (including phenoxy) is 2. The number of nitrogens with zero attached hydrogens (tertiary/aromatic N) is 7. The van der Waals surface area contributed by atoms with Crippen LogP contribution in [0.15, 0.2) is 12.4 Å². The van der Waals surface area contributed by atoms with Gasteiger partial charge < -0.3 is 19.3 Å². The van der Waals surface area contributed by atoms with Gasteiger partial charge in [-0.05, 0) is 52.3 Å². The van der Waals surface area contributed by atoms with Gasteiger partial charge in [0.25, 0.3) is 0 Å². The van der Waals surface area contributed by atoms with Crippen LogP contribution >= 0.6 is 11.3 Å². The zero-order valence-electron chi connectivity index (χ0n) is 27.0. The molecule has 14 heteroatoms. The van der Waals surface area contributed by atoms with E-state index in [1.807, 2.05) is 0 Å². The molecule has 3 aliphatic heterocycles. The number of carbonyl (C=O) groups excluding carboxylic acids is 1. The van der Waals surface area contributed by atoms with E-state index < -0.39 is 23.3 Å². The predicted octanol–water partition coefficient (Wildman–Crippen LogP) is 5.65. The van der Waals surface area contributed by atoms with Crippen molar-refractivity contribution in [1.29, 1.82) is 5.26 Å². The molecule has 7 rings (SSSR count). The highest BCUT2D eigenvalue weighted by molar-refractivity contribution is 7.23. The second-order valence-corrected chi connectivity index (χ2v) is 14.4. The number of aromatic nitrogens is 3. The molecule has 1 amide bonds. The Morgan fingerprint density at radius 3 is 2.60 bits per heavy atom. The Morgan fingerprint density at radius 1 is 1.13 bits per heavy atom. The molecule has 3 aromatic heterocycles. The third-order valence-corrected chi connectivity index (χ3v) is 10.4. The van der Waals surface area contributed by atoms with Gasteiger partial charge in [0.05, 0.1) is 35.4 Å². The Hall–Kier alpha value is -4.03. The number of benzene rings is 1. The maximum Gasteiger partial charge on any atom is 0.412 e. The maximum absolute atomic E-state index is 17.0. The second-order valence-electron chi connectivity index (χ2n) is 13.4. The van der Waals surface area contributed by atoms with Crippen molar-refractivity contribution in [2.45, 2.75) is 65.0 Å². The molecule has 4 aromatic rings. The van der Waals surface area contributed by atoms with E-state index in [4.69, 9.17) is 19.4 Å². The number of fused-ring (bicyclic) bond motifs is 4. The minimum absolute atomic E-state index is 0.0331. The summed E-state index contributed by atoms with van der Waals surface area (Å²) in [6.07, 6.45) is 2.84. The van der Waals surface area contributed by atoms with Gasteiger partial charge in [0, 0.05) is 67.3 Å². The quantitative estimate of drug-likeness (QED) is 0.294. The molecule has 2 fully saturated rings. The number of nitrogens with one attached hydrogen (secondary N) is 1. The molecule has 0 bridgehead atoms. The summed E-state index contributed by atoms with van der Waals surface area (Å²) in [5.41, 5.74) is 0.749. The third kappa shape index (κ3) is 5.54. The summed E-state index contributed by atoms with van der Waals surface area (Å²) in [6, 6.07) is 2.55. The van der Waals surface area contributed by atoms with Crippen molar-refractivity contribution in [3.8, 4) is 17.3 Å². The van der Waals surface area contributed by atoms with Crippen LogP contribution < -0.4 is 10.2 Å². The van der Waals surface area contributed by atoms with Crippen molar-refractivity contribution in [1.82, 2.24) is 24.8 Å². The molecule has 0 unspecified atom stereocenters. The van der Waals surface area contributed by atoms with E-state index in [0.717, 1.165) is 62.2 Å². The van der Waals surface area contributed by atoms with Gasteiger partial charge in [0.2, 0.25) is 5.95 Å². The molecule has 1 aromatic carbocycles. The largest absolute Gasteiger partial charge is 0.444 e. The summed E-state index contributed by atoms with van der Waals surface area (Å²) in [5, 5.41) is 13.5. The molecule has 0 saturated carbocycles. The molecule has 0 aliphatic carbocycles. The molecule has 1 N–H and O–H groups in total. The first-order valence-corrected chi connectivity index (χ1v) is 16.5. The molecule has 3 aliphatic rings. The van der Waals surface area contributed by atoms with Crippen LogP contribution in [0.3, 0.4) is 0 Å². The fourth-order valence-corrected chi connectivity index (χ4v) is 8.03. The Labute approximate surface area is 275 Å². The smallest absolute Gasteiger partial charge is 0.412 e. The van der Waals surface area contributed by atoms with E-state index in [1.54, 1.807) is 27.0 Å². The number of nitriles is 1. The Kier molecular flexibility index (Phi) is 7.99. The molecular weight excluding hydrogens is 626 g/mol. The average molecular weight is 663 g/mol. The van der Waals surface area contributed by atoms with E-state index in [0.29, 0.717) is 22.9 Å². The van der Waals surface area contributed by atoms with Crippen LogP contribution in [0.25, 0.3) is 32.2 Å². The highest BCUT2D eigenvalue weighted by atomic mass is 32.1. The highest BCUT2D eigenvalue weighted by Crippen LogP contribution is 2.46. The lowest BCUT2D eigenvalue weighted by Crippen LogP contribution is -2.52. The van der Waals surface area contributed by atoms with Gasteiger partial charge in [0.15, 0.2) is 11.6 Å². The number of rotatable bonds is 4. The first-order chi connectivity index (χ1) is 22.4. The fraction of sp³-hybridized carbons (Fsp3) is 0.485. The van der Waals surface area contributed by atoms with Crippen LogP contribution in [0.2, 0.25) is 0 Å². The average Bonchev–Trinajstić information content (AvgIpc) is 3.75. The SMILES string of the molecule is C[C@@H]1[C@@H](N2CCN(C)CC2)CCN1c1ncc2c3c(c(-c4ncc(F)c5sc(NC(=O)OC(C)(C)C)c(C#N)c45)c(F)c2n1)COC3. The van der Waals surface area contributed by atoms with Crippen molar-refractivity contribution >= 4 is 49.4 Å². The van der Waals surface area contributed by atoms with Crippen LogP contribution in [-0.2, 0) is 22.7 Å². The molecule has 47 heavy (non-hydrogen) atoms. The monoisotopic (exact) mass is 662 g/mol. The van der Waals surface area contributed by atoms with Crippen molar-refractivity contribution in [3.05, 3.63) is 40.7 Å². The second kappa shape index (κ2) is 11.9. The summed E-state index contributed by atoms with van der Waals surface area (Å²) in [6.45, 7) is 12.4. The third-order valence-electron chi connectivity index (χ3n) is 9.30. The van der Waals surface area contributed by atoms with Crippen molar-refractivity contribution in [2.75, 3.05) is 50.0 Å². The van der Waals surface area contributed by atoms with Crippen LogP contribution in [-0.4, -0.2) is 88.3 Å². The summed E-state index contributed by atoms with van der Waals surface area (Å²) in [7, 11) is 2.14. The molecule has 0 spiro atoms. The molecule has 11 nitrogen and oxygen atoms in total. The van der Waals surface area contributed by atoms with Crippen LogP contribution in [0.1, 0.15) is 50.8 Å². The van der Waals surface area contributed by atoms with Crippen LogP contribution in [0.5, 0.6) is 0 Å². The van der Waals surface area contributed by atoms with E-state index in [9.17, 15) is 10.1 Å². The lowest BCUT2D eigenvalue weighted by molar-refractivity contribution is 0.0636. The topological polar surface area (TPSA) is 120 Å². The highest BCUT2D eigenvalue weighted by Gasteiger charge is 2.38. The van der Waals surface area contributed by atoms with Gasteiger partial charge in [-0.2, -0.15) is 5.26 Å². The standard InChI is InChI=1S/C33H36F2N8O3S/c1-17-23(42-10-8-41(5)9-11-42)6-7-43(17)31-38-13-19-20-15-45-16-21(20)24(26(35)27(19)39-31)28-25-18(12-36)30(40-32(44)46-33(2,3)4)47-29(25)22(34)14-37-28/h13-14,17,23H,6-11,15-16H2,1-5H3,(H,40,44)/t17-,23+/m1/s1. The van der Waals surface area contributed by atoms with Crippen LogP contribution in [0.4, 0.5) is 24.5 Å². The lowest BCUT2D eigenvalue weighted by Gasteiger charge is -2.38. The summed E-state index contributed by atoms with van der Waals surface area (Å²) in [5.74, 6) is -0.897. The minimum atomic E-state index is -0.795. The van der Waals surface area contributed by atoms with E-state index in [-0.39, 0.29) is 56.7 Å². The first kappa shape index (κ1) is 31.6. The van der Waals surface area contributed by atoms with Gasteiger partial charge in [0.1, 0.15) is 22.2 Å². The minimum Gasteiger partial charge on any atom is -0.444 e. The fourth-order valence-electron chi connectivity index (χ4n) is 6.99. The van der Waals surface area contributed by atoms with E-state index >= 15 is 8.78 Å². The lowest BCUT2D eigenvalue weighted by atomic mass is 9.94. The van der Waals surface area contributed by atoms with Gasteiger partial charge in [-0.25, -0.2) is 23.5 Å². The van der Waals surface area contributed by atoms with Crippen molar-refractivity contribution < 1.29 is 23.0 Å². The number of piperazine rings is 1. The number of hydrogen-bond donors (Lipinski definition) is 1. The normalized spacial score (nSPS) is 20.6. The van der Waals surface area contributed by atoms with E-state index in [2.05, 4.69) is 45.0 Å². The maximum atomic E-state index is 17.0. The van der Waals surface area contributed by atoms with Crippen LogP contribution in [0, 0.1) is 23.0 Å². The van der Waals surface area contributed by atoms with E-state index in [1.165, 1.54) is 0 Å². The number of pyridine rings is 1. The van der Waals surface area contributed by atoms with Crippen molar-refractivity contribution in [3.63, 3.8) is 0 Å². The number of halogens is 2.